The van der Waals surface area contributed by atoms with Gasteiger partial charge in [0.25, 0.3) is 0 Å². The van der Waals surface area contributed by atoms with Crippen molar-refractivity contribution in [3.05, 3.63) is 29.3 Å². The number of rotatable bonds is 7. The minimum Gasteiger partial charge on any atom is -0.339 e. The minimum atomic E-state index is -3.11. The lowest BCUT2D eigenvalue weighted by Gasteiger charge is -2.27. The first kappa shape index (κ1) is 18.3. The van der Waals surface area contributed by atoms with Crippen molar-refractivity contribution in [2.75, 3.05) is 24.3 Å². The van der Waals surface area contributed by atoms with E-state index in [-0.39, 0.29) is 23.5 Å². The maximum Gasteiger partial charge on any atom is 0.233 e. The largest absolute Gasteiger partial charge is 0.339 e. The number of sulfone groups is 1. The Hall–Kier alpha value is -0.720. The van der Waals surface area contributed by atoms with E-state index in [2.05, 4.69) is 0 Å². The Morgan fingerprint density at radius 1 is 1.38 bits per heavy atom. The van der Waals surface area contributed by atoms with E-state index in [1.165, 1.54) is 18.0 Å². The molecule has 0 saturated heterocycles. The highest BCUT2D eigenvalue weighted by Crippen LogP contribution is 2.26. The van der Waals surface area contributed by atoms with E-state index >= 15 is 0 Å². The molecule has 1 aromatic rings. The molecule has 0 spiro atoms. The van der Waals surface area contributed by atoms with Crippen molar-refractivity contribution in [2.24, 2.45) is 0 Å². The van der Waals surface area contributed by atoms with Crippen LogP contribution in [-0.4, -0.2) is 49.6 Å². The fraction of sp³-hybridized carbons (Fsp3) is 0.500. The average molecular weight is 350 g/mol. The number of benzene rings is 1. The molecular formula is C14H20ClNO3S2. The molecule has 1 rings (SSSR count). The second kappa shape index (κ2) is 8.06. The zero-order valence-electron chi connectivity index (χ0n) is 12.4. The molecule has 1 aromatic carbocycles. The first-order chi connectivity index (χ1) is 9.74. The van der Waals surface area contributed by atoms with E-state index < -0.39 is 9.84 Å². The summed E-state index contributed by atoms with van der Waals surface area (Å²) in [5.41, 5.74) is 0. The molecule has 118 valence electrons. The van der Waals surface area contributed by atoms with Crippen molar-refractivity contribution in [3.63, 3.8) is 0 Å². The summed E-state index contributed by atoms with van der Waals surface area (Å²) in [4.78, 5) is 14.7. The van der Waals surface area contributed by atoms with Gasteiger partial charge in [-0.25, -0.2) is 8.42 Å². The van der Waals surface area contributed by atoms with Crippen molar-refractivity contribution in [2.45, 2.75) is 24.8 Å². The van der Waals surface area contributed by atoms with Crippen molar-refractivity contribution in [1.82, 2.24) is 4.90 Å². The van der Waals surface area contributed by atoms with E-state index in [1.807, 2.05) is 25.1 Å². The standard InChI is InChI=1S/C14H20ClNO3S2/c1-4-16(11(2)10-21(3,18)19)14(17)9-20-13-8-6-5-7-12(13)15/h5-8,11H,4,9-10H2,1-3H3/t11-/m0/s1. The Bertz CT molecular complexity index is 590. The average Bonchev–Trinajstić information content (AvgIpc) is 2.36. The molecule has 21 heavy (non-hydrogen) atoms. The maximum absolute atomic E-state index is 12.3. The van der Waals surface area contributed by atoms with Crippen LogP contribution < -0.4 is 0 Å². The second-order valence-corrected chi connectivity index (χ2v) is 8.45. The molecule has 0 aliphatic carbocycles. The summed E-state index contributed by atoms with van der Waals surface area (Å²) in [6.45, 7) is 4.08. The van der Waals surface area contributed by atoms with Gasteiger partial charge in [-0.05, 0) is 26.0 Å². The molecule has 0 heterocycles. The number of thioether (sulfide) groups is 1. The summed E-state index contributed by atoms with van der Waals surface area (Å²) < 4.78 is 22.7. The molecule has 7 heteroatoms. The van der Waals surface area contributed by atoms with Gasteiger partial charge in [0.15, 0.2) is 0 Å². The van der Waals surface area contributed by atoms with Crippen LogP contribution >= 0.6 is 23.4 Å². The molecule has 0 radical (unpaired) electrons. The smallest absolute Gasteiger partial charge is 0.233 e. The van der Waals surface area contributed by atoms with Crippen LogP contribution in [0.25, 0.3) is 0 Å². The van der Waals surface area contributed by atoms with Crippen LogP contribution in [0.4, 0.5) is 0 Å². The van der Waals surface area contributed by atoms with Gasteiger partial charge in [0.2, 0.25) is 5.91 Å². The van der Waals surface area contributed by atoms with E-state index in [0.717, 1.165) is 4.90 Å². The van der Waals surface area contributed by atoms with E-state index in [0.29, 0.717) is 11.6 Å². The van der Waals surface area contributed by atoms with Crippen molar-refractivity contribution in [3.8, 4) is 0 Å². The van der Waals surface area contributed by atoms with Crippen LogP contribution in [0.1, 0.15) is 13.8 Å². The fourth-order valence-electron chi connectivity index (χ4n) is 2.05. The van der Waals surface area contributed by atoms with Crippen LogP contribution in [0.3, 0.4) is 0 Å². The summed E-state index contributed by atoms with van der Waals surface area (Å²) in [6.07, 6.45) is 1.18. The highest BCUT2D eigenvalue weighted by Gasteiger charge is 2.22. The predicted octanol–water partition coefficient (Wildman–Crippen LogP) is 2.71. The van der Waals surface area contributed by atoms with Gasteiger partial charge in [-0.1, -0.05) is 23.7 Å². The number of amides is 1. The zero-order chi connectivity index (χ0) is 16.0. The summed E-state index contributed by atoms with van der Waals surface area (Å²) in [5, 5.41) is 0.613. The Kier molecular flexibility index (Phi) is 7.03. The molecule has 0 aliphatic rings. The van der Waals surface area contributed by atoms with Crippen LogP contribution in [0.15, 0.2) is 29.2 Å². The number of nitrogens with zero attached hydrogens (tertiary/aromatic N) is 1. The van der Waals surface area contributed by atoms with Crippen LogP contribution in [0, 0.1) is 0 Å². The zero-order valence-corrected chi connectivity index (χ0v) is 14.8. The van der Waals surface area contributed by atoms with E-state index in [4.69, 9.17) is 11.6 Å². The molecule has 0 aromatic heterocycles. The Morgan fingerprint density at radius 3 is 2.52 bits per heavy atom. The van der Waals surface area contributed by atoms with Gasteiger partial charge < -0.3 is 4.90 Å². The lowest BCUT2D eigenvalue weighted by Crippen LogP contribution is -2.43. The fourth-order valence-corrected chi connectivity index (χ4v) is 4.23. The molecule has 0 bridgehead atoms. The lowest BCUT2D eigenvalue weighted by atomic mass is 10.3. The molecule has 1 atom stereocenters. The molecular weight excluding hydrogens is 330 g/mol. The second-order valence-electron chi connectivity index (χ2n) is 4.84. The SMILES string of the molecule is CCN(C(=O)CSc1ccccc1Cl)[C@@H](C)CS(C)(=O)=O. The number of halogens is 1. The van der Waals surface area contributed by atoms with Gasteiger partial charge in [-0.3, -0.25) is 4.79 Å². The summed E-state index contributed by atoms with van der Waals surface area (Å²) >= 11 is 7.41. The monoisotopic (exact) mass is 349 g/mol. The van der Waals surface area contributed by atoms with Gasteiger partial charge in [-0.15, -0.1) is 11.8 Å². The molecule has 4 nitrogen and oxygen atoms in total. The number of carbonyl (C=O) groups excluding carboxylic acids is 1. The van der Waals surface area contributed by atoms with Crippen molar-refractivity contribution >= 4 is 39.1 Å². The number of carbonyl (C=O) groups is 1. The quantitative estimate of drug-likeness (QED) is 0.710. The van der Waals surface area contributed by atoms with E-state index in [9.17, 15) is 13.2 Å². The maximum atomic E-state index is 12.3. The highest BCUT2D eigenvalue weighted by atomic mass is 35.5. The topological polar surface area (TPSA) is 54.5 Å². The Balaban J connectivity index is 2.66. The molecule has 1 amide bonds. The summed E-state index contributed by atoms with van der Waals surface area (Å²) in [5.74, 6) is 0.133. The van der Waals surface area contributed by atoms with Gasteiger partial charge in [0.05, 0.1) is 16.5 Å². The molecule has 0 unspecified atom stereocenters. The van der Waals surface area contributed by atoms with Crippen LogP contribution in [-0.2, 0) is 14.6 Å². The molecule has 0 saturated carbocycles. The van der Waals surface area contributed by atoms with Crippen LogP contribution in [0.5, 0.6) is 0 Å². The normalized spacial score (nSPS) is 13.0. The van der Waals surface area contributed by atoms with Gasteiger partial charge in [0.1, 0.15) is 9.84 Å². The summed E-state index contributed by atoms with van der Waals surface area (Å²) in [6, 6.07) is 7.00. The van der Waals surface area contributed by atoms with Crippen molar-refractivity contribution in [1.29, 1.82) is 0 Å². The lowest BCUT2D eigenvalue weighted by molar-refractivity contribution is -0.129. The first-order valence-corrected chi connectivity index (χ1v) is 10.0. The number of hydrogen-bond donors (Lipinski definition) is 0. The Labute approximate surface area is 135 Å². The van der Waals surface area contributed by atoms with Gasteiger partial charge >= 0.3 is 0 Å². The minimum absolute atomic E-state index is 0.0245. The van der Waals surface area contributed by atoms with Gasteiger partial charge in [0, 0.05) is 23.7 Å². The third-order valence-corrected chi connectivity index (χ3v) is 5.51. The van der Waals surface area contributed by atoms with Crippen LogP contribution in [0.2, 0.25) is 5.02 Å². The van der Waals surface area contributed by atoms with E-state index in [1.54, 1.807) is 17.9 Å². The third-order valence-electron chi connectivity index (χ3n) is 2.92. The molecule has 0 aliphatic heterocycles. The predicted molar refractivity (Wildman–Crippen MR) is 88.7 cm³/mol. The Morgan fingerprint density at radius 2 is 2.00 bits per heavy atom. The third kappa shape index (κ3) is 6.28. The molecule has 0 N–H and O–H groups in total. The van der Waals surface area contributed by atoms with Crippen molar-refractivity contribution < 1.29 is 13.2 Å². The molecule has 0 fully saturated rings. The number of hydrogen-bond acceptors (Lipinski definition) is 4. The highest BCUT2D eigenvalue weighted by molar-refractivity contribution is 8.00. The first-order valence-electron chi connectivity index (χ1n) is 6.59. The summed E-state index contributed by atoms with van der Waals surface area (Å²) in [7, 11) is -3.11. The van der Waals surface area contributed by atoms with Gasteiger partial charge in [-0.2, -0.15) is 0 Å².